The van der Waals surface area contributed by atoms with Gasteiger partial charge in [0.05, 0.1) is 10.9 Å². The Labute approximate surface area is 199 Å². The maximum atomic E-state index is 13.8. The van der Waals surface area contributed by atoms with E-state index in [1.807, 2.05) is 43.3 Å². The summed E-state index contributed by atoms with van der Waals surface area (Å²) in [6.07, 6.45) is 1.50. The summed E-state index contributed by atoms with van der Waals surface area (Å²) < 4.78 is 28.3. The van der Waals surface area contributed by atoms with Gasteiger partial charge in [0.2, 0.25) is 0 Å². The summed E-state index contributed by atoms with van der Waals surface area (Å²) in [5.41, 5.74) is 1.99. The van der Waals surface area contributed by atoms with Gasteiger partial charge in [-0.25, -0.2) is 17.5 Å². The fraction of sp³-hybridized carbons (Fsp3) is 0.308. The zero-order valence-electron chi connectivity index (χ0n) is 19.0. The highest BCUT2D eigenvalue weighted by molar-refractivity contribution is 7.89. The van der Waals surface area contributed by atoms with E-state index in [0.717, 1.165) is 16.5 Å². The van der Waals surface area contributed by atoms with E-state index in [-0.39, 0.29) is 11.3 Å². The second-order valence-corrected chi connectivity index (χ2v) is 10.4. The first-order valence-electron chi connectivity index (χ1n) is 11.4. The predicted octanol–water partition coefficient (Wildman–Crippen LogP) is 3.72. The molecule has 2 atom stereocenters. The number of hydrogen-bond donors (Lipinski definition) is 2. The molecule has 0 radical (unpaired) electrons. The van der Waals surface area contributed by atoms with Crippen molar-refractivity contribution in [1.29, 1.82) is 0 Å². The van der Waals surface area contributed by atoms with Crippen LogP contribution in [0.3, 0.4) is 0 Å². The molecule has 7 nitrogen and oxygen atoms in total. The highest BCUT2D eigenvalue weighted by atomic mass is 32.2. The molecule has 0 aromatic heterocycles. The van der Waals surface area contributed by atoms with Crippen LogP contribution in [0.4, 0.5) is 0 Å². The number of carbonyl (C=O) groups is 2. The number of hydrogen-bond acceptors (Lipinski definition) is 5. The van der Waals surface area contributed by atoms with Gasteiger partial charge in [-0.05, 0) is 46.9 Å². The molecule has 1 amide bonds. The molecular formula is C26H28N2O5S. The Kier molecular flexibility index (Phi) is 7.00. The summed E-state index contributed by atoms with van der Waals surface area (Å²) in [5, 5.41) is 14.6. The van der Waals surface area contributed by atoms with E-state index >= 15 is 0 Å². The number of fused-ring (bicyclic) bond motifs is 2. The minimum absolute atomic E-state index is 0.0493. The summed E-state index contributed by atoms with van der Waals surface area (Å²) in [6, 6.07) is 17.2. The zero-order valence-corrected chi connectivity index (χ0v) is 19.8. The SMILES string of the molecule is CCCC[C@@H](C(=O)O)N(C(=O)[C@@H]1Cc2ccccc2CN1)S(=O)(=O)c1ccc2ccccc2c1. The number of benzene rings is 3. The van der Waals surface area contributed by atoms with Gasteiger partial charge in [-0.3, -0.25) is 4.79 Å². The van der Waals surface area contributed by atoms with Crippen LogP contribution in [0, 0.1) is 0 Å². The van der Waals surface area contributed by atoms with Gasteiger partial charge in [0.1, 0.15) is 6.04 Å². The van der Waals surface area contributed by atoms with Crippen LogP contribution in [-0.2, 0) is 32.6 Å². The van der Waals surface area contributed by atoms with Crippen molar-refractivity contribution < 1.29 is 23.1 Å². The Morgan fingerprint density at radius 2 is 1.71 bits per heavy atom. The number of sulfonamides is 1. The van der Waals surface area contributed by atoms with E-state index in [0.29, 0.717) is 35.5 Å². The quantitative estimate of drug-likeness (QED) is 0.509. The molecule has 8 heteroatoms. The summed E-state index contributed by atoms with van der Waals surface area (Å²) in [5.74, 6) is -2.08. The van der Waals surface area contributed by atoms with Crippen molar-refractivity contribution in [3.63, 3.8) is 0 Å². The van der Waals surface area contributed by atoms with Crippen LogP contribution in [-0.4, -0.2) is 41.8 Å². The molecule has 3 aromatic carbocycles. The second-order valence-electron chi connectivity index (χ2n) is 8.55. The average molecular weight is 481 g/mol. The van der Waals surface area contributed by atoms with Crippen molar-refractivity contribution in [3.8, 4) is 0 Å². The van der Waals surface area contributed by atoms with Crippen molar-refractivity contribution in [2.45, 2.75) is 56.1 Å². The standard InChI is InChI=1S/C26H28N2O5S/c1-2-3-12-24(26(30)31)28(25(29)23-16-20-10-6-7-11-21(20)17-27-23)34(32,33)22-14-13-18-8-4-5-9-19(18)15-22/h4-11,13-15,23-24,27H,2-3,12,16-17H2,1H3,(H,30,31)/t23-,24-/m0/s1. The number of amides is 1. The molecule has 0 aliphatic carbocycles. The van der Waals surface area contributed by atoms with Gasteiger partial charge >= 0.3 is 5.97 Å². The lowest BCUT2D eigenvalue weighted by Crippen LogP contribution is -2.56. The van der Waals surface area contributed by atoms with Gasteiger partial charge in [-0.1, -0.05) is 74.4 Å². The second kappa shape index (κ2) is 9.95. The molecule has 178 valence electrons. The normalized spacial score (nSPS) is 16.6. The maximum absolute atomic E-state index is 13.8. The third-order valence-electron chi connectivity index (χ3n) is 6.27. The first-order valence-corrected chi connectivity index (χ1v) is 12.9. The van der Waals surface area contributed by atoms with Crippen molar-refractivity contribution in [3.05, 3.63) is 77.9 Å². The Morgan fingerprint density at radius 3 is 2.41 bits per heavy atom. The number of aliphatic carboxylic acids is 1. The molecule has 34 heavy (non-hydrogen) atoms. The number of carboxylic acid groups (broad SMARTS) is 1. The van der Waals surface area contributed by atoms with Crippen molar-refractivity contribution in [2.24, 2.45) is 0 Å². The Bertz CT molecular complexity index is 1320. The fourth-order valence-corrected chi connectivity index (χ4v) is 6.04. The molecule has 0 bridgehead atoms. The van der Waals surface area contributed by atoms with E-state index < -0.39 is 34.0 Å². The van der Waals surface area contributed by atoms with Crippen LogP contribution in [0.1, 0.15) is 37.3 Å². The summed E-state index contributed by atoms with van der Waals surface area (Å²) in [7, 11) is -4.43. The van der Waals surface area contributed by atoms with E-state index in [9.17, 15) is 23.1 Å². The van der Waals surface area contributed by atoms with Crippen LogP contribution in [0.25, 0.3) is 10.8 Å². The van der Waals surface area contributed by atoms with Crippen molar-refractivity contribution >= 4 is 32.7 Å². The van der Waals surface area contributed by atoms with Gasteiger partial charge in [-0.2, -0.15) is 0 Å². The zero-order chi connectivity index (χ0) is 24.3. The van der Waals surface area contributed by atoms with Crippen LogP contribution in [0.2, 0.25) is 0 Å². The maximum Gasteiger partial charge on any atom is 0.327 e. The van der Waals surface area contributed by atoms with Crippen molar-refractivity contribution in [1.82, 2.24) is 9.62 Å². The Hall–Kier alpha value is -3.23. The van der Waals surface area contributed by atoms with Gasteiger partial charge in [0.15, 0.2) is 0 Å². The largest absolute Gasteiger partial charge is 0.480 e. The first kappa shape index (κ1) is 23.9. The molecule has 0 unspecified atom stereocenters. The number of unbranched alkanes of at least 4 members (excludes halogenated alkanes) is 1. The summed E-state index contributed by atoms with van der Waals surface area (Å²) in [4.78, 5) is 25.9. The molecule has 2 N–H and O–H groups in total. The minimum atomic E-state index is -4.43. The highest BCUT2D eigenvalue weighted by Gasteiger charge is 2.42. The van der Waals surface area contributed by atoms with Crippen molar-refractivity contribution in [2.75, 3.05) is 0 Å². The van der Waals surface area contributed by atoms with Gasteiger partial charge in [0, 0.05) is 6.54 Å². The number of nitrogens with zero attached hydrogens (tertiary/aromatic N) is 1. The molecule has 0 spiro atoms. The van der Waals surface area contributed by atoms with E-state index in [4.69, 9.17) is 0 Å². The lowest BCUT2D eigenvalue weighted by atomic mass is 9.95. The van der Waals surface area contributed by atoms with E-state index in [1.54, 1.807) is 18.2 Å². The van der Waals surface area contributed by atoms with E-state index in [1.165, 1.54) is 12.1 Å². The van der Waals surface area contributed by atoms with Crippen LogP contribution >= 0.6 is 0 Å². The molecule has 0 saturated carbocycles. The molecule has 1 heterocycles. The lowest BCUT2D eigenvalue weighted by Gasteiger charge is -2.33. The smallest absolute Gasteiger partial charge is 0.327 e. The number of nitrogens with one attached hydrogen (secondary N) is 1. The number of carboxylic acids is 1. The molecule has 1 aliphatic rings. The summed E-state index contributed by atoms with van der Waals surface area (Å²) >= 11 is 0. The Balaban J connectivity index is 1.76. The third kappa shape index (κ3) is 4.69. The molecule has 4 rings (SSSR count). The van der Waals surface area contributed by atoms with Crippen LogP contribution in [0.15, 0.2) is 71.6 Å². The topological polar surface area (TPSA) is 104 Å². The number of rotatable bonds is 8. The minimum Gasteiger partial charge on any atom is -0.480 e. The van der Waals surface area contributed by atoms with Gasteiger partial charge in [-0.15, -0.1) is 0 Å². The van der Waals surface area contributed by atoms with Crippen LogP contribution < -0.4 is 5.32 Å². The average Bonchev–Trinajstić information content (AvgIpc) is 2.85. The van der Waals surface area contributed by atoms with Gasteiger partial charge in [0.25, 0.3) is 15.9 Å². The molecule has 1 aliphatic heterocycles. The highest BCUT2D eigenvalue weighted by Crippen LogP contribution is 2.27. The monoisotopic (exact) mass is 480 g/mol. The number of carbonyl (C=O) groups excluding carboxylic acids is 1. The molecule has 3 aromatic rings. The van der Waals surface area contributed by atoms with Gasteiger partial charge < -0.3 is 10.4 Å². The van der Waals surface area contributed by atoms with E-state index in [2.05, 4.69) is 5.32 Å². The fourth-order valence-electron chi connectivity index (χ4n) is 4.40. The lowest BCUT2D eigenvalue weighted by molar-refractivity contribution is -0.147. The summed E-state index contributed by atoms with van der Waals surface area (Å²) in [6.45, 7) is 2.30. The third-order valence-corrected chi connectivity index (χ3v) is 8.08. The Morgan fingerprint density at radius 1 is 1.03 bits per heavy atom. The predicted molar refractivity (Wildman–Crippen MR) is 130 cm³/mol. The molecular weight excluding hydrogens is 452 g/mol. The molecule has 0 fully saturated rings. The first-order chi connectivity index (χ1) is 16.3. The molecule has 0 saturated heterocycles. The van der Waals surface area contributed by atoms with Crippen LogP contribution in [0.5, 0.6) is 0 Å².